The van der Waals surface area contributed by atoms with Crippen molar-refractivity contribution in [3.05, 3.63) is 46.7 Å². The fourth-order valence-corrected chi connectivity index (χ4v) is 4.16. The monoisotopic (exact) mass is 400 g/mol. The van der Waals surface area contributed by atoms with E-state index in [0.29, 0.717) is 23.4 Å². The highest BCUT2D eigenvalue weighted by Gasteiger charge is 2.09. The van der Waals surface area contributed by atoms with E-state index >= 15 is 0 Å². The van der Waals surface area contributed by atoms with Gasteiger partial charge in [-0.25, -0.2) is 4.98 Å². The molecule has 1 aromatic carbocycles. The van der Waals surface area contributed by atoms with E-state index in [1.54, 1.807) is 23.1 Å². The molecule has 3 rings (SSSR count). The zero-order valence-electron chi connectivity index (χ0n) is 16.0. The summed E-state index contributed by atoms with van der Waals surface area (Å²) in [5, 5.41) is 3.17. The molecule has 0 radical (unpaired) electrons. The van der Waals surface area contributed by atoms with Gasteiger partial charge in [-0.1, -0.05) is 38.1 Å². The van der Waals surface area contributed by atoms with E-state index in [0.717, 1.165) is 16.5 Å². The van der Waals surface area contributed by atoms with Gasteiger partial charge in [0, 0.05) is 30.8 Å². The molecule has 2 N–H and O–H groups in total. The highest BCUT2D eigenvalue weighted by molar-refractivity contribution is 7.97. The third kappa shape index (κ3) is 5.17. The zero-order chi connectivity index (χ0) is 19.4. The van der Waals surface area contributed by atoms with E-state index in [9.17, 15) is 0 Å². The largest absolute Gasteiger partial charge is 0.368 e. The molecule has 0 saturated heterocycles. The molecule has 0 unspecified atom stereocenters. The Labute approximate surface area is 168 Å². The molecule has 0 aliphatic rings. The summed E-state index contributed by atoms with van der Waals surface area (Å²) in [5.41, 5.74) is 9.36. The van der Waals surface area contributed by atoms with Crippen molar-refractivity contribution in [1.29, 1.82) is 0 Å². The second-order valence-corrected chi connectivity index (χ2v) is 8.56. The van der Waals surface area contributed by atoms with Crippen molar-refractivity contribution in [2.45, 2.75) is 31.3 Å². The van der Waals surface area contributed by atoms with E-state index in [-0.39, 0.29) is 5.95 Å². The standard InChI is InChI=1S/C19H24N6S2/c1-12(2)13-5-7-14(8-6-13)17-21-15(10-27-17)9-26-11-16-22-18(20)24-19(23-16)25(3)4/h5-8,10,12H,9,11H2,1-4H3,(H2,20,22,23,24). The molecule has 0 amide bonds. The lowest BCUT2D eigenvalue weighted by Gasteiger charge is -2.11. The summed E-state index contributed by atoms with van der Waals surface area (Å²) in [4.78, 5) is 19.3. The van der Waals surface area contributed by atoms with Crippen LogP contribution in [0.2, 0.25) is 0 Å². The molecule has 27 heavy (non-hydrogen) atoms. The van der Waals surface area contributed by atoms with Gasteiger partial charge in [0.1, 0.15) is 10.8 Å². The van der Waals surface area contributed by atoms with Crippen molar-refractivity contribution >= 4 is 35.0 Å². The minimum absolute atomic E-state index is 0.255. The minimum Gasteiger partial charge on any atom is -0.368 e. The van der Waals surface area contributed by atoms with Gasteiger partial charge in [-0.2, -0.15) is 15.0 Å². The molecule has 0 aliphatic carbocycles. The molecule has 0 spiro atoms. The number of hydrogen-bond acceptors (Lipinski definition) is 8. The summed E-state index contributed by atoms with van der Waals surface area (Å²) >= 11 is 3.40. The van der Waals surface area contributed by atoms with Crippen LogP contribution < -0.4 is 10.6 Å². The second kappa shape index (κ2) is 8.67. The number of aromatic nitrogens is 4. The van der Waals surface area contributed by atoms with Crippen LogP contribution in [0.15, 0.2) is 29.6 Å². The van der Waals surface area contributed by atoms with E-state index in [2.05, 4.69) is 58.4 Å². The van der Waals surface area contributed by atoms with Crippen molar-refractivity contribution in [3.63, 3.8) is 0 Å². The molecule has 0 aliphatic heterocycles. The second-order valence-electron chi connectivity index (χ2n) is 6.72. The van der Waals surface area contributed by atoms with Crippen molar-refractivity contribution in [3.8, 4) is 10.6 Å². The summed E-state index contributed by atoms with van der Waals surface area (Å²) in [6, 6.07) is 8.68. The SMILES string of the molecule is CC(C)c1ccc(-c2nc(CSCc3nc(N)nc(N(C)C)n3)cs2)cc1. The van der Waals surface area contributed by atoms with Gasteiger partial charge in [0.25, 0.3) is 0 Å². The van der Waals surface area contributed by atoms with Gasteiger partial charge in [-0.05, 0) is 11.5 Å². The number of hydrogen-bond donors (Lipinski definition) is 1. The average molecular weight is 401 g/mol. The smallest absolute Gasteiger partial charge is 0.229 e. The van der Waals surface area contributed by atoms with Crippen LogP contribution in [-0.2, 0) is 11.5 Å². The fraction of sp³-hybridized carbons (Fsp3) is 0.368. The predicted molar refractivity (Wildman–Crippen MR) is 115 cm³/mol. The first-order chi connectivity index (χ1) is 12.9. The number of thioether (sulfide) groups is 1. The number of rotatable bonds is 7. The van der Waals surface area contributed by atoms with Crippen LogP contribution in [0.5, 0.6) is 0 Å². The summed E-state index contributed by atoms with van der Waals surface area (Å²) in [6.45, 7) is 4.41. The van der Waals surface area contributed by atoms with E-state index in [1.807, 2.05) is 19.0 Å². The Morgan fingerprint density at radius 2 is 1.78 bits per heavy atom. The lowest BCUT2D eigenvalue weighted by Crippen LogP contribution is -2.15. The number of nitrogens with two attached hydrogens (primary N) is 1. The molecule has 0 fully saturated rings. The zero-order valence-corrected chi connectivity index (χ0v) is 17.6. The topological polar surface area (TPSA) is 80.8 Å². The number of nitrogen functional groups attached to an aromatic ring is 1. The number of anilines is 2. The highest BCUT2D eigenvalue weighted by Crippen LogP contribution is 2.27. The highest BCUT2D eigenvalue weighted by atomic mass is 32.2. The molecule has 0 atom stereocenters. The third-order valence-corrected chi connectivity index (χ3v) is 5.85. The maximum absolute atomic E-state index is 5.77. The van der Waals surface area contributed by atoms with Gasteiger partial charge in [-0.3, -0.25) is 0 Å². The van der Waals surface area contributed by atoms with E-state index in [1.165, 1.54) is 11.1 Å². The maximum Gasteiger partial charge on any atom is 0.229 e. The molecule has 3 aromatic rings. The molecule has 8 heteroatoms. The molecule has 142 valence electrons. The summed E-state index contributed by atoms with van der Waals surface area (Å²) in [7, 11) is 3.77. The van der Waals surface area contributed by atoms with E-state index < -0.39 is 0 Å². The Kier molecular flexibility index (Phi) is 6.28. The van der Waals surface area contributed by atoms with Crippen molar-refractivity contribution in [2.75, 3.05) is 24.7 Å². The third-order valence-electron chi connectivity index (χ3n) is 3.94. The Bertz CT molecular complexity index is 889. The summed E-state index contributed by atoms with van der Waals surface area (Å²) in [5.74, 6) is 3.55. The first-order valence-electron chi connectivity index (χ1n) is 8.72. The predicted octanol–water partition coefficient (Wildman–Crippen LogP) is 4.20. The van der Waals surface area contributed by atoms with Crippen LogP contribution in [0.25, 0.3) is 10.6 Å². The Morgan fingerprint density at radius 1 is 1.04 bits per heavy atom. The van der Waals surface area contributed by atoms with Crippen molar-refractivity contribution < 1.29 is 0 Å². The quantitative estimate of drug-likeness (QED) is 0.636. The first-order valence-corrected chi connectivity index (χ1v) is 10.8. The molecular weight excluding hydrogens is 376 g/mol. The lowest BCUT2D eigenvalue weighted by atomic mass is 10.0. The normalized spacial score (nSPS) is 11.1. The molecule has 0 bridgehead atoms. The molecule has 0 saturated carbocycles. The molecule has 2 aromatic heterocycles. The molecular formula is C19H24N6S2. The van der Waals surface area contributed by atoms with Gasteiger partial charge in [0.15, 0.2) is 0 Å². The van der Waals surface area contributed by atoms with Crippen LogP contribution >= 0.6 is 23.1 Å². The Balaban J connectivity index is 1.60. The van der Waals surface area contributed by atoms with Gasteiger partial charge in [0.05, 0.1) is 11.4 Å². The van der Waals surface area contributed by atoms with Gasteiger partial charge >= 0.3 is 0 Å². The van der Waals surface area contributed by atoms with Crippen LogP contribution in [0, 0.1) is 0 Å². The average Bonchev–Trinajstić information content (AvgIpc) is 3.10. The number of nitrogens with zero attached hydrogens (tertiary/aromatic N) is 5. The first kappa shape index (κ1) is 19.6. The van der Waals surface area contributed by atoms with Gasteiger partial charge in [0.2, 0.25) is 11.9 Å². The lowest BCUT2D eigenvalue weighted by molar-refractivity contribution is 0.867. The van der Waals surface area contributed by atoms with Crippen LogP contribution in [-0.4, -0.2) is 34.0 Å². The molecule has 2 heterocycles. The molecule has 6 nitrogen and oxygen atoms in total. The Hall–Kier alpha value is -2.19. The van der Waals surface area contributed by atoms with Crippen LogP contribution in [0.1, 0.15) is 36.8 Å². The van der Waals surface area contributed by atoms with Crippen molar-refractivity contribution in [2.24, 2.45) is 0 Å². The summed E-state index contributed by atoms with van der Waals surface area (Å²) in [6.07, 6.45) is 0. The van der Waals surface area contributed by atoms with Crippen LogP contribution in [0.3, 0.4) is 0 Å². The Morgan fingerprint density at radius 3 is 2.44 bits per heavy atom. The van der Waals surface area contributed by atoms with Crippen LogP contribution in [0.4, 0.5) is 11.9 Å². The minimum atomic E-state index is 0.255. The van der Waals surface area contributed by atoms with E-state index in [4.69, 9.17) is 10.7 Å². The van der Waals surface area contributed by atoms with Crippen molar-refractivity contribution in [1.82, 2.24) is 19.9 Å². The number of benzene rings is 1. The maximum atomic E-state index is 5.77. The fourth-order valence-electron chi connectivity index (χ4n) is 2.45. The van der Waals surface area contributed by atoms with Gasteiger partial charge in [-0.15, -0.1) is 23.1 Å². The number of thiazole rings is 1. The van der Waals surface area contributed by atoms with Gasteiger partial charge < -0.3 is 10.6 Å². The summed E-state index contributed by atoms with van der Waals surface area (Å²) < 4.78 is 0.